The summed E-state index contributed by atoms with van der Waals surface area (Å²) in [5, 5.41) is 11.8. The Balaban J connectivity index is 2.53. The van der Waals surface area contributed by atoms with Gasteiger partial charge in [0, 0.05) is 11.1 Å². The standard InChI is InChI=1S/C12H13ClN2O/c1-9(6-7-14)15-12(16)8-10-4-2-3-5-11(10)13/h2-5,9H,6,8H2,1H3,(H,15,16). The van der Waals surface area contributed by atoms with Crippen LogP contribution in [0.1, 0.15) is 18.9 Å². The van der Waals surface area contributed by atoms with Gasteiger partial charge in [-0.15, -0.1) is 0 Å². The van der Waals surface area contributed by atoms with Gasteiger partial charge in [-0.1, -0.05) is 29.8 Å². The maximum Gasteiger partial charge on any atom is 0.224 e. The molecule has 0 aliphatic carbocycles. The summed E-state index contributed by atoms with van der Waals surface area (Å²) >= 11 is 5.93. The van der Waals surface area contributed by atoms with Gasteiger partial charge in [0.05, 0.1) is 18.9 Å². The first-order chi connectivity index (χ1) is 7.63. The van der Waals surface area contributed by atoms with E-state index in [0.29, 0.717) is 11.4 Å². The largest absolute Gasteiger partial charge is 0.352 e. The number of rotatable bonds is 4. The van der Waals surface area contributed by atoms with Gasteiger partial charge in [-0.05, 0) is 18.6 Å². The van der Waals surface area contributed by atoms with E-state index >= 15 is 0 Å². The van der Waals surface area contributed by atoms with E-state index in [0.717, 1.165) is 5.56 Å². The summed E-state index contributed by atoms with van der Waals surface area (Å²) in [5.74, 6) is -0.115. The zero-order chi connectivity index (χ0) is 12.0. The van der Waals surface area contributed by atoms with Crippen molar-refractivity contribution in [2.45, 2.75) is 25.8 Å². The topological polar surface area (TPSA) is 52.9 Å². The van der Waals surface area contributed by atoms with Gasteiger partial charge in [0.15, 0.2) is 0 Å². The van der Waals surface area contributed by atoms with Crippen molar-refractivity contribution in [2.24, 2.45) is 0 Å². The second kappa shape index (κ2) is 6.14. The molecule has 0 saturated carbocycles. The lowest BCUT2D eigenvalue weighted by Gasteiger charge is -2.10. The summed E-state index contributed by atoms with van der Waals surface area (Å²) in [6.45, 7) is 1.80. The summed E-state index contributed by atoms with van der Waals surface area (Å²) in [5.41, 5.74) is 0.797. The Labute approximate surface area is 100 Å². The molecule has 1 aromatic carbocycles. The van der Waals surface area contributed by atoms with Gasteiger partial charge < -0.3 is 5.32 Å². The molecule has 1 N–H and O–H groups in total. The van der Waals surface area contributed by atoms with Crippen molar-refractivity contribution in [3.63, 3.8) is 0 Å². The molecule has 1 unspecified atom stereocenters. The van der Waals surface area contributed by atoms with E-state index in [1.165, 1.54) is 0 Å². The van der Waals surface area contributed by atoms with Gasteiger partial charge in [0.25, 0.3) is 0 Å². The van der Waals surface area contributed by atoms with Crippen molar-refractivity contribution in [1.82, 2.24) is 5.32 Å². The number of hydrogen-bond donors (Lipinski definition) is 1. The van der Waals surface area contributed by atoms with Crippen LogP contribution in [0.15, 0.2) is 24.3 Å². The van der Waals surface area contributed by atoms with Gasteiger partial charge in [0.2, 0.25) is 5.91 Å². The molecule has 0 bridgehead atoms. The van der Waals surface area contributed by atoms with Crippen LogP contribution in [0.4, 0.5) is 0 Å². The fourth-order valence-corrected chi connectivity index (χ4v) is 1.53. The van der Waals surface area contributed by atoms with Crippen LogP contribution in [-0.2, 0) is 11.2 Å². The van der Waals surface area contributed by atoms with Crippen molar-refractivity contribution in [3.05, 3.63) is 34.9 Å². The van der Waals surface area contributed by atoms with Crippen molar-refractivity contribution < 1.29 is 4.79 Å². The predicted molar refractivity (Wildman–Crippen MR) is 63.0 cm³/mol. The Morgan fingerprint density at radius 1 is 1.56 bits per heavy atom. The second-order valence-corrected chi connectivity index (χ2v) is 4.01. The molecule has 0 aromatic heterocycles. The zero-order valence-electron chi connectivity index (χ0n) is 9.03. The number of carbonyl (C=O) groups excluding carboxylic acids is 1. The van der Waals surface area contributed by atoms with Crippen molar-refractivity contribution in [2.75, 3.05) is 0 Å². The minimum Gasteiger partial charge on any atom is -0.352 e. The first-order valence-corrected chi connectivity index (χ1v) is 5.41. The van der Waals surface area contributed by atoms with Crippen molar-refractivity contribution in [3.8, 4) is 6.07 Å². The van der Waals surface area contributed by atoms with Crippen molar-refractivity contribution >= 4 is 17.5 Å². The molecule has 1 amide bonds. The van der Waals surface area contributed by atoms with Crippen LogP contribution < -0.4 is 5.32 Å². The fraction of sp³-hybridized carbons (Fsp3) is 0.333. The van der Waals surface area contributed by atoms with Gasteiger partial charge in [0.1, 0.15) is 0 Å². The molecule has 1 atom stereocenters. The molecule has 3 nitrogen and oxygen atoms in total. The Kier molecular flexibility index (Phi) is 4.81. The SMILES string of the molecule is CC(CC#N)NC(=O)Cc1ccccc1Cl. The van der Waals surface area contributed by atoms with Crippen LogP contribution in [-0.4, -0.2) is 11.9 Å². The normalized spacial score (nSPS) is 11.6. The number of halogens is 1. The number of nitriles is 1. The molecular formula is C12H13ClN2O. The lowest BCUT2D eigenvalue weighted by Crippen LogP contribution is -2.33. The number of carbonyl (C=O) groups is 1. The lowest BCUT2D eigenvalue weighted by molar-refractivity contribution is -0.121. The number of nitrogens with zero attached hydrogens (tertiary/aromatic N) is 1. The minimum absolute atomic E-state index is 0.115. The number of hydrogen-bond acceptors (Lipinski definition) is 2. The van der Waals surface area contributed by atoms with Crippen LogP contribution >= 0.6 is 11.6 Å². The van der Waals surface area contributed by atoms with Gasteiger partial charge in [-0.3, -0.25) is 4.79 Å². The van der Waals surface area contributed by atoms with E-state index in [4.69, 9.17) is 16.9 Å². The monoisotopic (exact) mass is 236 g/mol. The summed E-state index contributed by atoms with van der Waals surface area (Å²) in [6, 6.07) is 9.11. The van der Waals surface area contributed by atoms with Gasteiger partial charge in [-0.2, -0.15) is 5.26 Å². The molecular weight excluding hydrogens is 224 g/mol. The van der Waals surface area contributed by atoms with Crippen LogP contribution in [0.2, 0.25) is 5.02 Å². The highest BCUT2D eigenvalue weighted by Gasteiger charge is 2.09. The maximum atomic E-state index is 11.6. The van der Waals surface area contributed by atoms with E-state index in [1.54, 1.807) is 13.0 Å². The predicted octanol–water partition coefficient (Wildman–Crippen LogP) is 2.30. The molecule has 84 valence electrons. The molecule has 0 saturated heterocycles. The molecule has 1 aromatic rings. The Morgan fingerprint density at radius 3 is 2.88 bits per heavy atom. The molecule has 0 fully saturated rings. The zero-order valence-corrected chi connectivity index (χ0v) is 9.79. The molecule has 0 radical (unpaired) electrons. The van der Waals surface area contributed by atoms with Crippen LogP contribution in [0.25, 0.3) is 0 Å². The van der Waals surface area contributed by atoms with E-state index in [9.17, 15) is 4.79 Å². The molecule has 16 heavy (non-hydrogen) atoms. The summed E-state index contributed by atoms with van der Waals surface area (Å²) in [4.78, 5) is 11.6. The highest BCUT2D eigenvalue weighted by molar-refractivity contribution is 6.31. The first-order valence-electron chi connectivity index (χ1n) is 5.03. The summed E-state index contributed by atoms with van der Waals surface area (Å²) < 4.78 is 0. The fourth-order valence-electron chi connectivity index (χ4n) is 1.33. The third-order valence-electron chi connectivity index (χ3n) is 2.11. The van der Waals surface area contributed by atoms with Gasteiger partial charge in [-0.25, -0.2) is 0 Å². The first kappa shape index (κ1) is 12.5. The maximum absolute atomic E-state index is 11.6. The van der Waals surface area contributed by atoms with E-state index < -0.39 is 0 Å². The van der Waals surface area contributed by atoms with Gasteiger partial charge >= 0.3 is 0 Å². The lowest BCUT2D eigenvalue weighted by atomic mass is 10.1. The number of nitrogens with one attached hydrogen (secondary N) is 1. The summed E-state index contributed by atoms with van der Waals surface area (Å²) in [6.07, 6.45) is 0.559. The quantitative estimate of drug-likeness (QED) is 0.872. The van der Waals surface area contributed by atoms with E-state index in [2.05, 4.69) is 5.32 Å². The third-order valence-corrected chi connectivity index (χ3v) is 2.48. The minimum atomic E-state index is -0.125. The van der Waals surface area contributed by atoms with E-state index in [1.807, 2.05) is 24.3 Å². The molecule has 1 rings (SSSR count). The molecule has 0 aliphatic heterocycles. The Hall–Kier alpha value is -1.53. The molecule has 0 spiro atoms. The molecule has 4 heteroatoms. The Morgan fingerprint density at radius 2 is 2.25 bits per heavy atom. The second-order valence-electron chi connectivity index (χ2n) is 3.60. The smallest absolute Gasteiger partial charge is 0.224 e. The van der Waals surface area contributed by atoms with Crippen molar-refractivity contribution in [1.29, 1.82) is 5.26 Å². The molecule has 0 heterocycles. The van der Waals surface area contributed by atoms with E-state index in [-0.39, 0.29) is 18.4 Å². The number of amides is 1. The highest BCUT2D eigenvalue weighted by atomic mass is 35.5. The van der Waals surface area contributed by atoms with Crippen LogP contribution in [0.5, 0.6) is 0 Å². The molecule has 0 aliphatic rings. The summed E-state index contributed by atoms with van der Waals surface area (Å²) in [7, 11) is 0. The van der Waals surface area contributed by atoms with Crippen LogP contribution in [0.3, 0.4) is 0 Å². The average molecular weight is 237 g/mol. The van der Waals surface area contributed by atoms with Crippen LogP contribution in [0, 0.1) is 11.3 Å². The average Bonchev–Trinajstić information content (AvgIpc) is 2.21. The Bertz CT molecular complexity index is 412. The highest BCUT2D eigenvalue weighted by Crippen LogP contribution is 2.15. The number of benzene rings is 1. The third kappa shape index (κ3) is 3.92.